The van der Waals surface area contributed by atoms with Crippen LogP contribution in [-0.4, -0.2) is 11.8 Å². The van der Waals surface area contributed by atoms with Gasteiger partial charge in [-0.1, -0.05) is 60.7 Å². The number of hydrogen-bond acceptors (Lipinski definition) is 3. The van der Waals surface area contributed by atoms with Gasteiger partial charge in [-0.2, -0.15) is 0 Å². The van der Waals surface area contributed by atoms with Gasteiger partial charge in [-0.05, 0) is 35.4 Å². The van der Waals surface area contributed by atoms with Crippen molar-refractivity contribution in [3.8, 4) is 5.75 Å². The van der Waals surface area contributed by atoms with E-state index in [4.69, 9.17) is 4.74 Å². The molecule has 0 atom stereocenters. The largest absolute Gasteiger partial charge is 0.489 e. The molecule has 0 saturated carbocycles. The van der Waals surface area contributed by atoms with Crippen LogP contribution in [0.2, 0.25) is 0 Å². The van der Waals surface area contributed by atoms with Crippen molar-refractivity contribution in [3.63, 3.8) is 0 Å². The Morgan fingerprint density at radius 2 is 1.33 bits per heavy atom. The number of amides is 2. The van der Waals surface area contributed by atoms with Gasteiger partial charge in [0.2, 0.25) is 5.91 Å². The van der Waals surface area contributed by atoms with Crippen molar-refractivity contribution in [2.24, 2.45) is 0 Å². The van der Waals surface area contributed by atoms with Crippen LogP contribution >= 0.6 is 0 Å². The Kier molecular flexibility index (Phi) is 6.20. The third-order valence-corrected chi connectivity index (χ3v) is 3.89. The summed E-state index contributed by atoms with van der Waals surface area (Å²) in [4.78, 5) is 24.0. The zero-order chi connectivity index (χ0) is 18.9. The van der Waals surface area contributed by atoms with Crippen molar-refractivity contribution in [1.29, 1.82) is 0 Å². The van der Waals surface area contributed by atoms with Gasteiger partial charge in [-0.15, -0.1) is 0 Å². The molecule has 0 bridgehead atoms. The molecule has 136 valence electrons. The maximum atomic E-state index is 12.1. The summed E-state index contributed by atoms with van der Waals surface area (Å²) < 4.78 is 5.67. The summed E-state index contributed by atoms with van der Waals surface area (Å²) in [6.07, 6.45) is 0.205. The molecule has 5 heteroatoms. The highest BCUT2D eigenvalue weighted by molar-refractivity contribution is 5.95. The van der Waals surface area contributed by atoms with Crippen LogP contribution in [0.4, 0.5) is 0 Å². The number of nitrogens with one attached hydrogen (secondary N) is 2. The molecule has 0 heterocycles. The minimum absolute atomic E-state index is 0.205. The van der Waals surface area contributed by atoms with Crippen LogP contribution in [-0.2, 0) is 17.8 Å². The van der Waals surface area contributed by atoms with Crippen LogP contribution in [0.1, 0.15) is 21.5 Å². The normalized spacial score (nSPS) is 10.1. The van der Waals surface area contributed by atoms with Crippen LogP contribution in [0.15, 0.2) is 84.9 Å². The number of hydrazine groups is 1. The highest BCUT2D eigenvalue weighted by atomic mass is 16.5. The smallest absolute Gasteiger partial charge is 0.269 e. The first kappa shape index (κ1) is 18.2. The molecule has 5 nitrogen and oxygen atoms in total. The van der Waals surface area contributed by atoms with Gasteiger partial charge >= 0.3 is 0 Å². The number of ether oxygens (including phenoxy) is 1. The molecule has 0 aliphatic rings. The number of carbonyl (C=O) groups is 2. The molecule has 0 spiro atoms. The summed E-state index contributed by atoms with van der Waals surface area (Å²) in [7, 11) is 0. The fraction of sp³-hybridized carbons (Fsp3) is 0.0909. The van der Waals surface area contributed by atoms with Gasteiger partial charge in [0.1, 0.15) is 12.4 Å². The third-order valence-electron chi connectivity index (χ3n) is 3.89. The summed E-state index contributed by atoms with van der Waals surface area (Å²) in [6.45, 7) is 0.416. The van der Waals surface area contributed by atoms with Crippen LogP contribution in [0.5, 0.6) is 5.75 Å². The first-order chi connectivity index (χ1) is 13.2. The molecule has 3 aromatic rings. The first-order valence-electron chi connectivity index (χ1n) is 8.60. The molecule has 0 radical (unpaired) electrons. The second-order valence-electron chi connectivity index (χ2n) is 5.96. The Balaban J connectivity index is 1.46. The minimum Gasteiger partial charge on any atom is -0.489 e. The van der Waals surface area contributed by atoms with E-state index in [1.807, 2.05) is 72.8 Å². The highest BCUT2D eigenvalue weighted by Gasteiger charge is 2.08. The SMILES string of the molecule is O=C(Cc1ccccc1)NNC(=O)c1ccc(COc2ccccc2)cc1. The summed E-state index contributed by atoms with van der Waals surface area (Å²) in [5, 5.41) is 0. The summed E-state index contributed by atoms with van der Waals surface area (Å²) in [6, 6.07) is 25.9. The van der Waals surface area contributed by atoms with E-state index in [-0.39, 0.29) is 18.2 Å². The lowest BCUT2D eigenvalue weighted by Gasteiger charge is -2.09. The van der Waals surface area contributed by atoms with Crippen molar-refractivity contribution in [1.82, 2.24) is 10.9 Å². The van der Waals surface area contributed by atoms with Gasteiger partial charge in [-0.3, -0.25) is 20.4 Å². The quantitative estimate of drug-likeness (QED) is 0.663. The molecular weight excluding hydrogens is 340 g/mol. The molecule has 0 saturated heterocycles. The van der Waals surface area contributed by atoms with E-state index in [0.29, 0.717) is 12.2 Å². The lowest BCUT2D eigenvalue weighted by atomic mass is 10.1. The Morgan fingerprint density at radius 1 is 0.704 bits per heavy atom. The summed E-state index contributed by atoms with van der Waals surface area (Å²) >= 11 is 0. The second kappa shape index (κ2) is 9.20. The standard InChI is InChI=1S/C22H20N2O3/c25-21(15-17-7-3-1-4-8-17)23-24-22(26)19-13-11-18(12-14-19)16-27-20-9-5-2-6-10-20/h1-14H,15-16H2,(H,23,25)(H,24,26). The van der Waals surface area contributed by atoms with Gasteiger partial charge in [0.05, 0.1) is 6.42 Å². The fourth-order valence-electron chi connectivity index (χ4n) is 2.46. The first-order valence-corrected chi connectivity index (χ1v) is 8.60. The van der Waals surface area contributed by atoms with E-state index in [1.165, 1.54) is 0 Å². The summed E-state index contributed by atoms with van der Waals surface area (Å²) in [5.74, 6) is 0.148. The number of benzene rings is 3. The Morgan fingerprint density at radius 3 is 2.00 bits per heavy atom. The van der Waals surface area contributed by atoms with Crippen molar-refractivity contribution in [2.45, 2.75) is 13.0 Å². The van der Waals surface area contributed by atoms with E-state index in [9.17, 15) is 9.59 Å². The van der Waals surface area contributed by atoms with E-state index in [2.05, 4.69) is 10.9 Å². The average Bonchev–Trinajstić information content (AvgIpc) is 2.72. The van der Waals surface area contributed by atoms with Crippen molar-refractivity contribution in [3.05, 3.63) is 102 Å². The second-order valence-corrected chi connectivity index (χ2v) is 5.96. The Hall–Kier alpha value is -3.60. The Bertz CT molecular complexity index is 878. The maximum Gasteiger partial charge on any atom is 0.269 e. The van der Waals surface area contributed by atoms with Gasteiger partial charge in [-0.25, -0.2) is 0 Å². The van der Waals surface area contributed by atoms with Gasteiger partial charge in [0.25, 0.3) is 5.91 Å². The molecule has 0 unspecified atom stereocenters. The van der Waals surface area contributed by atoms with Gasteiger partial charge in [0, 0.05) is 5.56 Å². The maximum absolute atomic E-state index is 12.1. The fourth-order valence-corrected chi connectivity index (χ4v) is 2.46. The lowest BCUT2D eigenvalue weighted by molar-refractivity contribution is -0.121. The van der Waals surface area contributed by atoms with Crippen LogP contribution in [0.25, 0.3) is 0 Å². The average molecular weight is 360 g/mol. The molecule has 27 heavy (non-hydrogen) atoms. The molecule has 2 amide bonds. The van der Waals surface area contributed by atoms with Crippen LogP contribution < -0.4 is 15.6 Å². The van der Waals surface area contributed by atoms with E-state index < -0.39 is 0 Å². The number of hydrogen-bond donors (Lipinski definition) is 2. The van der Waals surface area contributed by atoms with Gasteiger partial charge < -0.3 is 4.74 Å². The Labute approximate surface area is 158 Å². The molecule has 0 aromatic heterocycles. The third kappa shape index (κ3) is 5.71. The van der Waals surface area contributed by atoms with Crippen molar-refractivity contribution >= 4 is 11.8 Å². The molecule has 2 N–H and O–H groups in total. The molecular formula is C22H20N2O3. The highest BCUT2D eigenvalue weighted by Crippen LogP contribution is 2.12. The number of para-hydroxylation sites is 1. The van der Waals surface area contributed by atoms with Gasteiger partial charge in [0.15, 0.2) is 0 Å². The monoisotopic (exact) mass is 360 g/mol. The number of rotatable bonds is 6. The molecule has 0 aliphatic heterocycles. The van der Waals surface area contributed by atoms with Crippen molar-refractivity contribution < 1.29 is 14.3 Å². The zero-order valence-electron chi connectivity index (χ0n) is 14.7. The predicted molar refractivity (Wildman–Crippen MR) is 103 cm³/mol. The topological polar surface area (TPSA) is 67.4 Å². The van der Waals surface area contributed by atoms with E-state index in [1.54, 1.807) is 12.1 Å². The molecule has 3 aromatic carbocycles. The van der Waals surface area contributed by atoms with E-state index in [0.717, 1.165) is 16.9 Å². The molecule has 0 aliphatic carbocycles. The zero-order valence-corrected chi connectivity index (χ0v) is 14.7. The van der Waals surface area contributed by atoms with Crippen molar-refractivity contribution in [2.75, 3.05) is 0 Å². The molecule has 3 rings (SSSR count). The van der Waals surface area contributed by atoms with Crippen LogP contribution in [0, 0.1) is 0 Å². The number of carbonyl (C=O) groups excluding carboxylic acids is 2. The van der Waals surface area contributed by atoms with E-state index >= 15 is 0 Å². The summed E-state index contributed by atoms with van der Waals surface area (Å²) in [5.41, 5.74) is 7.14. The predicted octanol–water partition coefficient (Wildman–Crippen LogP) is 3.27. The minimum atomic E-state index is -0.369. The lowest BCUT2D eigenvalue weighted by Crippen LogP contribution is -2.42. The molecule has 0 fully saturated rings. The van der Waals surface area contributed by atoms with Crippen LogP contribution in [0.3, 0.4) is 0 Å².